The summed E-state index contributed by atoms with van der Waals surface area (Å²) >= 11 is 0. The van der Waals surface area contributed by atoms with Gasteiger partial charge in [-0.3, -0.25) is 0 Å². The van der Waals surface area contributed by atoms with E-state index in [1.54, 1.807) is 6.33 Å². The van der Waals surface area contributed by atoms with Gasteiger partial charge in [-0.15, -0.1) is 0 Å². The van der Waals surface area contributed by atoms with E-state index in [4.69, 9.17) is 5.73 Å². The molecular weight excluding hydrogens is 396 g/mol. The third-order valence-corrected chi connectivity index (χ3v) is 5.84. The highest BCUT2D eigenvalue weighted by atomic mass is 15.0. The number of fused-ring (bicyclic) bond motifs is 2. The predicted octanol–water partition coefficient (Wildman–Crippen LogP) is 5.39. The van der Waals surface area contributed by atoms with Crippen molar-refractivity contribution in [1.29, 1.82) is 5.26 Å². The number of aliphatic imine (C=N–C) groups is 1. The smallest absolute Gasteiger partial charge is 0.141 e. The lowest BCUT2D eigenvalue weighted by Gasteiger charge is -2.16. The zero-order valence-corrected chi connectivity index (χ0v) is 17.9. The van der Waals surface area contributed by atoms with Crippen molar-refractivity contribution in [2.45, 2.75) is 25.7 Å². The molecule has 6 heteroatoms. The quantitative estimate of drug-likeness (QED) is 0.463. The number of rotatable bonds is 4. The molecule has 0 atom stereocenters. The minimum Gasteiger partial charge on any atom is -0.387 e. The molecule has 6 nitrogen and oxygen atoms in total. The van der Waals surface area contributed by atoms with Crippen molar-refractivity contribution in [3.63, 3.8) is 0 Å². The lowest BCUT2D eigenvalue weighted by molar-refractivity contribution is 0.687. The number of nitrogens with one attached hydrogen (secondary N) is 1. The van der Waals surface area contributed by atoms with Crippen LogP contribution in [0.4, 0.5) is 17.2 Å². The molecule has 0 spiro atoms. The largest absolute Gasteiger partial charge is 0.387 e. The highest BCUT2D eigenvalue weighted by Gasteiger charge is 2.19. The second-order valence-corrected chi connectivity index (χ2v) is 8.52. The zero-order chi connectivity index (χ0) is 22.3. The van der Waals surface area contributed by atoms with Gasteiger partial charge in [0, 0.05) is 17.5 Å². The number of anilines is 2. The van der Waals surface area contributed by atoms with Gasteiger partial charge in [0.2, 0.25) is 0 Å². The summed E-state index contributed by atoms with van der Waals surface area (Å²) in [6.07, 6.45) is 2.27. The molecule has 1 aromatic heterocycles. The van der Waals surface area contributed by atoms with Crippen molar-refractivity contribution >= 4 is 33.9 Å². The lowest BCUT2D eigenvalue weighted by Crippen LogP contribution is -2.13. The molecule has 1 aliphatic heterocycles. The fourth-order valence-electron chi connectivity index (χ4n) is 3.89. The molecule has 32 heavy (non-hydrogen) atoms. The maximum Gasteiger partial charge on any atom is 0.141 e. The Morgan fingerprint density at radius 1 is 0.969 bits per heavy atom. The zero-order valence-electron chi connectivity index (χ0n) is 17.9. The van der Waals surface area contributed by atoms with E-state index < -0.39 is 5.41 Å². The highest BCUT2D eigenvalue weighted by molar-refractivity contribution is 5.95. The molecule has 3 aromatic carbocycles. The highest BCUT2D eigenvalue weighted by Crippen LogP contribution is 2.34. The first-order chi connectivity index (χ1) is 15.4. The van der Waals surface area contributed by atoms with E-state index >= 15 is 0 Å². The normalized spacial score (nSPS) is 12.8. The molecule has 4 aromatic rings. The second-order valence-electron chi connectivity index (χ2n) is 8.52. The monoisotopic (exact) mass is 418 g/mol. The summed E-state index contributed by atoms with van der Waals surface area (Å²) in [5.74, 6) is 1.38. The molecule has 0 fully saturated rings. The van der Waals surface area contributed by atoms with E-state index in [9.17, 15) is 5.26 Å². The van der Waals surface area contributed by atoms with Gasteiger partial charge in [-0.25, -0.2) is 15.0 Å². The molecule has 0 saturated carbocycles. The van der Waals surface area contributed by atoms with Crippen molar-refractivity contribution in [1.82, 2.24) is 9.97 Å². The minimum atomic E-state index is -0.528. The predicted molar refractivity (Wildman–Crippen MR) is 128 cm³/mol. The standard InChI is InChI=1S/C26H22N6/c1-26(2,14-27)19-6-8-20(9-7-19)31-25-21-11-16(5-10-22(21)29-15-30-25)17-3-4-18-13-24(28)32-23(18)12-17/h3-12,15H,13H2,1-2H3,(H2,28,32)(H,29,30,31). The van der Waals surface area contributed by atoms with E-state index in [0.29, 0.717) is 12.3 Å². The van der Waals surface area contributed by atoms with Gasteiger partial charge in [0.15, 0.2) is 0 Å². The van der Waals surface area contributed by atoms with Crippen molar-refractivity contribution in [2.24, 2.45) is 10.7 Å². The maximum atomic E-state index is 9.36. The van der Waals surface area contributed by atoms with Crippen LogP contribution in [0.5, 0.6) is 0 Å². The molecule has 156 valence electrons. The Hall–Kier alpha value is -4.24. The Morgan fingerprint density at radius 2 is 1.72 bits per heavy atom. The number of nitrogens with zero attached hydrogens (tertiary/aromatic N) is 4. The summed E-state index contributed by atoms with van der Waals surface area (Å²) in [4.78, 5) is 13.3. The SMILES string of the molecule is CC(C)(C#N)c1ccc(Nc2ncnc3ccc(-c4ccc5c(c4)N=C(N)C5)cc23)cc1. The first-order valence-corrected chi connectivity index (χ1v) is 10.4. The Kier molecular flexibility index (Phi) is 4.60. The Morgan fingerprint density at radius 3 is 2.50 bits per heavy atom. The van der Waals surface area contributed by atoms with Crippen molar-refractivity contribution < 1.29 is 0 Å². The first kappa shape index (κ1) is 19.7. The molecule has 0 bridgehead atoms. The van der Waals surface area contributed by atoms with Crippen molar-refractivity contribution in [3.05, 3.63) is 78.1 Å². The molecule has 0 amide bonds. The molecule has 0 unspecified atom stereocenters. The van der Waals surface area contributed by atoms with Crippen LogP contribution in [-0.4, -0.2) is 15.8 Å². The summed E-state index contributed by atoms with van der Waals surface area (Å²) in [6.45, 7) is 3.82. The minimum absolute atomic E-state index is 0.528. The van der Waals surface area contributed by atoms with Gasteiger partial charge in [0.1, 0.15) is 18.0 Å². The van der Waals surface area contributed by atoms with Gasteiger partial charge >= 0.3 is 0 Å². The fraction of sp³-hybridized carbons (Fsp3) is 0.154. The second kappa shape index (κ2) is 7.47. The number of aromatic nitrogens is 2. The fourth-order valence-corrected chi connectivity index (χ4v) is 3.89. The summed E-state index contributed by atoms with van der Waals surface area (Å²) in [6, 6.07) is 22.6. The van der Waals surface area contributed by atoms with E-state index in [2.05, 4.69) is 56.7 Å². The molecule has 1 aliphatic rings. The van der Waals surface area contributed by atoms with Gasteiger partial charge < -0.3 is 11.1 Å². The molecule has 2 heterocycles. The van der Waals surface area contributed by atoms with Crippen LogP contribution in [0.1, 0.15) is 25.0 Å². The topological polar surface area (TPSA) is 100.0 Å². The third kappa shape index (κ3) is 3.54. The average Bonchev–Trinajstić information content (AvgIpc) is 3.18. The lowest BCUT2D eigenvalue weighted by atomic mass is 9.86. The van der Waals surface area contributed by atoms with Gasteiger partial charge in [-0.2, -0.15) is 5.26 Å². The molecule has 3 N–H and O–H groups in total. The van der Waals surface area contributed by atoms with E-state index in [1.165, 1.54) is 0 Å². The first-order valence-electron chi connectivity index (χ1n) is 10.4. The van der Waals surface area contributed by atoms with Crippen LogP contribution in [0, 0.1) is 11.3 Å². The van der Waals surface area contributed by atoms with Crippen molar-refractivity contribution in [2.75, 3.05) is 5.32 Å². The van der Waals surface area contributed by atoms with E-state index in [-0.39, 0.29) is 0 Å². The Bertz CT molecular complexity index is 1410. The number of hydrogen-bond donors (Lipinski definition) is 2. The Balaban J connectivity index is 1.50. The van der Waals surface area contributed by atoms with Gasteiger partial charge in [-0.05, 0) is 66.4 Å². The third-order valence-electron chi connectivity index (χ3n) is 5.84. The van der Waals surface area contributed by atoms with Crippen LogP contribution in [0.15, 0.2) is 72.0 Å². The number of nitrogens with two attached hydrogens (primary N) is 1. The summed E-state index contributed by atoms with van der Waals surface area (Å²) in [5.41, 5.74) is 12.3. The molecule has 0 aliphatic carbocycles. The molecule has 0 saturated heterocycles. The number of hydrogen-bond acceptors (Lipinski definition) is 6. The van der Waals surface area contributed by atoms with Crippen LogP contribution < -0.4 is 11.1 Å². The number of amidine groups is 1. The Labute approximate surface area is 186 Å². The van der Waals surface area contributed by atoms with Crippen LogP contribution in [0.25, 0.3) is 22.0 Å². The average molecular weight is 419 g/mol. The summed E-state index contributed by atoms with van der Waals surface area (Å²) in [5, 5.41) is 13.7. The number of nitriles is 1. The van der Waals surface area contributed by atoms with Gasteiger partial charge in [-0.1, -0.05) is 30.3 Å². The molecular formula is C26H22N6. The van der Waals surface area contributed by atoms with E-state index in [0.717, 1.165) is 50.3 Å². The summed E-state index contributed by atoms with van der Waals surface area (Å²) < 4.78 is 0. The van der Waals surface area contributed by atoms with Crippen LogP contribution in [-0.2, 0) is 11.8 Å². The maximum absolute atomic E-state index is 9.36. The molecule has 5 rings (SSSR count). The summed E-state index contributed by atoms with van der Waals surface area (Å²) in [7, 11) is 0. The van der Waals surface area contributed by atoms with Crippen LogP contribution in [0.3, 0.4) is 0 Å². The van der Waals surface area contributed by atoms with Crippen LogP contribution in [0.2, 0.25) is 0 Å². The van der Waals surface area contributed by atoms with E-state index in [1.807, 2.05) is 44.2 Å². The number of benzene rings is 3. The van der Waals surface area contributed by atoms with Crippen LogP contribution >= 0.6 is 0 Å². The van der Waals surface area contributed by atoms with Crippen molar-refractivity contribution in [3.8, 4) is 17.2 Å². The van der Waals surface area contributed by atoms with Gasteiger partial charge in [0.25, 0.3) is 0 Å². The molecule has 0 radical (unpaired) electrons. The van der Waals surface area contributed by atoms with Gasteiger partial charge in [0.05, 0.1) is 22.7 Å².